The van der Waals surface area contributed by atoms with Gasteiger partial charge in [-0.15, -0.1) is 0 Å². The number of carbonyl (C=O) groups is 1. The molecule has 0 aliphatic carbocycles. The number of rotatable bonds is 3. The third-order valence-corrected chi connectivity index (χ3v) is 2.00. The zero-order valence-corrected chi connectivity index (χ0v) is 8.00. The van der Waals surface area contributed by atoms with Crippen LogP contribution < -0.4 is 5.73 Å². The van der Waals surface area contributed by atoms with Crippen molar-refractivity contribution >= 4 is 11.8 Å². The molecule has 0 fully saturated rings. The maximum absolute atomic E-state index is 12.3. The summed E-state index contributed by atoms with van der Waals surface area (Å²) < 4.78 is 24.7. The Bertz CT molecular complexity index is 394. The molecule has 4 nitrogen and oxygen atoms in total. The van der Waals surface area contributed by atoms with E-state index in [0.717, 1.165) is 6.07 Å². The third kappa shape index (κ3) is 2.61. The highest BCUT2D eigenvalue weighted by Gasteiger charge is 2.15. The lowest BCUT2D eigenvalue weighted by molar-refractivity contribution is -0.136. The minimum Gasteiger partial charge on any atom is -0.481 e. The van der Waals surface area contributed by atoms with Gasteiger partial charge in [0, 0.05) is 0 Å². The van der Waals surface area contributed by atoms with Crippen molar-refractivity contribution in [3.8, 4) is 0 Å². The van der Waals surface area contributed by atoms with E-state index >= 15 is 0 Å². The number of aromatic nitrogens is 1. The van der Waals surface area contributed by atoms with Gasteiger partial charge in [0.25, 0.3) is 6.43 Å². The van der Waals surface area contributed by atoms with E-state index in [1.165, 1.54) is 0 Å². The van der Waals surface area contributed by atoms with Crippen LogP contribution in [0.4, 0.5) is 14.6 Å². The van der Waals surface area contributed by atoms with Crippen molar-refractivity contribution in [2.24, 2.45) is 0 Å². The van der Waals surface area contributed by atoms with E-state index in [1.807, 2.05) is 0 Å². The molecule has 0 amide bonds. The van der Waals surface area contributed by atoms with Crippen molar-refractivity contribution in [3.05, 3.63) is 22.9 Å². The number of hydrogen-bond donors (Lipinski definition) is 2. The molecule has 1 aromatic heterocycles. The number of carboxylic acids is 1. The van der Waals surface area contributed by atoms with Gasteiger partial charge in [-0.2, -0.15) is 0 Å². The molecule has 1 rings (SSSR count). The summed E-state index contributed by atoms with van der Waals surface area (Å²) in [6.07, 6.45) is -3.08. The fourth-order valence-corrected chi connectivity index (χ4v) is 1.16. The Morgan fingerprint density at radius 3 is 2.73 bits per heavy atom. The highest BCUT2D eigenvalue weighted by molar-refractivity contribution is 5.71. The van der Waals surface area contributed by atoms with Crippen molar-refractivity contribution in [2.45, 2.75) is 19.8 Å². The van der Waals surface area contributed by atoms with Crippen molar-refractivity contribution in [1.29, 1.82) is 0 Å². The Balaban J connectivity index is 3.18. The van der Waals surface area contributed by atoms with Crippen LogP contribution in [0, 0.1) is 6.92 Å². The quantitative estimate of drug-likeness (QED) is 0.803. The first-order chi connectivity index (χ1) is 6.91. The smallest absolute Gasteiger partial charge is 0.307 e. The summed E-state index contributed by atoms with van der Waals surface area (Å²) in [6, 6.07) is 1.07. The molecule has 6 heteroatoms. The van der Waals surface area contributed by atoms with Crippen LogP contribution in [-0.4, -0.2) is 16.1 Å². The SMILES string of the molecule is Cc1c(CC(=O)O)cc(C(F)F)nc1N. The zero-order chi connectivity index (χ0) is 11.6. The van der Waals surface area contributed by atoms with Gasteiger partial charge < -0.3 is 10.8 Å². The number of nitrogen functional groups attached to an aromatic ring is 1. The molecule has 0 aliphatic heterocycles. The molecule has 15 heavy (non-hydrogen) atoms. The van der Waals surface area contributed by atoms with Crippen LogP contribution in [0.15, 0.2) is 6.07 Å². The molecule has 0 spiro atoms. The largest absolute Gasteiger partial charge is 0.481 e. The van der Waals surface area contributed by atoms with Crippen LogP contribution in [0.5, 0.6) is 0 Å². The Labute approximate surface area is 84.7 Å². The fraction of sp³-hybridized carbons (Fsp3) is 0.333. The van der Waals surface area contributed by atoms with Crippen LogP contribution >= 0.6 is 0 Å². The van der Waals surface area contributed by atoms with Crippen LogP contribution in [0.1, 0.15) is 23.2 Å². The number of carboxylic acid groups (broad SMARTS) is 1. The fourth-order valence-electron chi connectivity index (χ4n) is 1.16. The first kappa shape index (κ1) is 11.4. The number of halogens is 2. The summed E-state index contributed by atoms with van der Waals surface area (Å²) in [5.41, 5.74) is 5.61. The van der Waals surface area contributed by atoms with Gasteiger partial charge in [0.2, 0.25) is 0 Å². The highest BCUT2D eigenvalue weighted by Crippen LogP contribution is 2.23. The molecule has 1 heterocycles. The summed E-state index contributed by atoms with van der Waals surface area (Å²) in [5.74, 6) is -1.15. The molecule has 1 aromatic rings. The molecule has 0 bridgehead atoms. The molecule has 0 radical (unpaired) electrons. The molecule has 0 aliphatic rings. The maximum atomic E-state index is 12.3. The monoisotopic (exact) mass is 216 g/mol. The third-order valence-electron chi connectivity index (χ3n) is 2.00. The molecule has 0 saturated carbocycles. The Morgan fingerprint density at radius 1 is 1.67 bits per heavy atom. The second-order valence-electron chi connectivity index (χ2n) is 3.09. The molecule has 3 N–H and O–H groups in total. The number of alkyl halides is 2. The number of pyridine rings is 1. The minimum atomic E-state index is -2.75. The number of hydrogen-bond acceptors (Lipinski definition) is 3. The lowest BCUT2D eigenvalue weighted by Gasteiger charge is -2.08. The average Bonchev–Trinajstić information content (AvgIpc) is 2.11. The predicted molar refractivity (Wildman–Crippen MR) is 49.7 cm³/mol. The van der Waals surface area contributed by atoms with Gasteiger partial charge in [0.1, 0.15) is 11.5 Å². The molecular weight excluding hydrogens is 206 g/mol. The molecular formula is C9H10F2N2O2. The van der Waals surface area contributed by atoms with E-state index < -0.39 is 18.1 Å². The number of nitrogens with two attached hydrogens (primary N) is 1. The van der Waals surface area contributed by atoms with E-state index in [9.17, 15) is 13.6 Å². The lowest BCUT2D eigenvalue weighted by atomic mass is 10.1. The second-order valence-corrected chi connectivity index (χ2v) is 3.09. The number of aliphatic carboxylic acids is 1. The van der Waals surface area contributed by atoms with Crippen LogP contribution in [0.25, 0.3) is 0 Å². The van der Waals surface area contributed by atoms with E-state index in [4.69, 9.17) is 10.8 Å². The van der Waals surface area contributed by atoms with Gasteiger partial charge in [-0.3, -0.25) is 4.79 Å². The summed E-state index contributed by atoms with van der Waals surface area (Å²) in [6.45, 7) is 1.55. The Morgan fingerprint density at radius 2 is 2.27 bits per heavy atom. The van der Waals surface area contributed by atoms with Crippen molar-refractivity contribution in [2.75, 3.05) is 5.73 Å². The topological polar surface area (TPSA) is 76.2 Å². The molecule has 82 valence electrons. The van der Waals surface area contributed by atoms with Crippen LogP contribution in [0.3, 0.4) is 0 Å². The number of anilines is 1. The molecule has 0 aromatic carbocycles. The van der Waals surface area contributed by atoms with Crippen molar-refractivity contribution in [1.82, 2.24) is 4.98 Å². The minimum absolute atomic E-state index is 0.0518. The summed E-state index contributed by atoms with van der Waals surface area (Å²) >= 11 is 0. The maximum Gasteiger partial charge on any atom is 0.307 e. The standard InChI is InChI=1S/C9H10F2N2O2/c1-4-5(3-7(14)15)2-6(8(10)11)13-9(4)12/h2,8H,3H2,1H3,(H2,12,13)(H,14,15). The average molecular weight is 216 g/mol. The number of nitrogens with zero attached hydrogens (tertiary/aromatic N) is 1. The van der Waals surface area contributed by atoms with E-state index in [1.54, 1.807) is 6.92 Å². The molecule has 0 atom stereocenters. The van der Waals surface area contributed by atoms with Crippen LogP contribution in [-0.2, 0) is 11.2 Å². The van der Waals surface area contributed by atoms with Crippen molar-refractivity contribution in [3.63, 3.8) is 0 Å². The van der Waals surface area contributed by atoms with Crippen molar-refractivity contribution < 1.29 is 18.7 Å². The summed E-state index contributed by atoms with van der Waals surface area (Å²) in [4.78, 5) is 13.9. The van der Waals surface area contributed by atoms with Gasteiger partial charge in [0.15, 0.2) is 0 Å². The second kappa shape index (κ2) is 4.20. The summed E-state index contributed by atoms with van der Waals surface area (Å²) in [5, 5.41) is 8.56. The predicted octanol–water partition coefficient (Wildman–Crippen LogP) is 1.54. The van der Waals surface area contributed by atoms with E-state index in [2.05, 4.69) is 4.98 Å². The van der Waals surface area contributed by atoms with E-state index in [0.29, 0.717) is 5.56 Å². The first-order valence-electron chi connectivity index (χ1n) is 4.17. The van der Waals surface area contributed by atoms with E-state index in [-0.39, 0.29) is 17.8 Å². The van der Waals surface area contributed by atoms with Gasteiger partial charge in [0.05, 0.1) is 6.42 Å². The zero-order valence-electron chi connectivity index (χ0n) is 8.00. The Kier molecular flexibility index (Phi) is 3.18. The van der Waals surface area contributed by atoms with Crippen LogP contribution in [0.2, 0.25) is 0 Å². The van der Waals surface area contributed by atoms with Gasteiger partial charge >= 0.3 is 5.97 Å². The van der Waals surface area contributed by atoms with Gasteiger partial charge in [-0.1, -0.05) is 0 Å². The molecule has 0 unspecified atom stereocenters. The first-order valence-corrected chi connectivity index (χ1v) is 4.17. The van der Waals surface area contributed by atoms with Gasteiger partial charge in [-0.05, 0) is 24.1 Å². The van der Waals surface area contributed by atoms with Gasteiger partial charge in [-0.25, -0.2) is 13.8 Å². The summed E-state index contributed by atoms with van der Waals surface area (Å²) in [7, 11) is 0. The normalized spacial score (nSPS) is 10.7. The Hall–Kier alpha value is -1.72. The lowest BCUT2D eigenvalue weighted by Crippen LogP contribution is -2.07. The highest BCUT2D eigenvalue weighted by atomic mass is 19.3. The molecule has 0 saturated heterocycles.